The Bertz CT molecular complexity index is 458. The number of methoxy groups -OCH3 is 1. The van der Waals surface area contributed by atoms with Crippen molar-refractivity contribution >= 4 is 5.97 Å². The van der Waals surface area contributed by atoms with Crippen molar-refractivity contribution in [3.8, 4) is 5.75 Å². The Labute approximate surface area is 120 Å². The smallest absolute Gasteiger partial charge is 0.336 e. The molecular formula is C16H22O4. The zero-order valence-electron chi connectivity index (χ0n) is 12.5. The Hall–Kier alpha value is -1.55. The molecule has 0 amide bonds. The standard InChI is InChI=1S/C16H22O4/c1-16(2,3)20-15(17)14-13(9-10-19-14)11-5-7-12(18-4)8-6-11/h5-8,13-14H,9-10H2,1-4H3/t13-,14+/m1/s1. The highest BCUT2D eigenvalue weighted by Gasteiger charge is 2.38. The molecule has 0 aliphatic carbocycles. The van der Waals surface area contributed by atoms with E-state index in [1.165, 1.54) is 0 Å². The van der Waals surface area contributed by atoms with E-state index in [0.717, 1.165) is 17.7 Å². The van der Waals surface area contributed by atoms with Gasteiger partial charge in [0.1, 0.15) is 11.4 Å². The highest BCUT2D eigenvalue weighted by Crippen LogP contribution is 2.33. The molecule has 110 valence electrons. The lowest BCUT2D eigenvalue weighted by molar-refractivity contribution is -0.166. The number of hydrogen-bond acceptors (Lipinski definition) is 4. The first kappa shape index (κ1) is 14.9. The molecule has 4 nitrogen and oxygen atoms in total. The fraction of sp³-hybridized carbons (Fsp3) is 0.562. The van der Waals surface area contributed by atoms with Crippen LogP contribution in [0.3, 0.4) is 0 Å². The van der Waals surface area contributed by atoms with Crippen LogP contribution in [-0.2, 0) is 14.3 Å². The second-order valence-electron chi connectivity index (χ2n) is 5.99. The molecule has 1 aromatic rings. The largest absolute Gasteiger partial charge is 0.497 e. The zero-order valence-corrected chi connectivity index (χ0v) is 12.5. The van der Waals surface area contributed by atoms with Gasteiger partial charge in [-0.25, -0.2) is 4.79 Å². The predicted octanol–water partition coefficient (Wildman–Crippen LogP) is 2.91. The van der Waals surface area contributed by atoms with Gasteiger partial charge in [0, 0.05) is 12.5 Å². The topological polar surface area (TPSA) is 44.8 Å². The molecule has 2 rings (SSSR count). The minimum atomic E-state index is -0.511. The zero-order chi connectivity index (χ0) is 14.8. The first-order chi connectivity index (χ1) is 9.40. The summed E-state index contributed by atoms with van der Waals surface area (Å²) in [7, 11) is 1.64. The van der Waals surface area contributed by atoms with Gasteiger partial charge in [-0.1, -0.05) is 12.1 Å². The maximum atomic E-state index is 12.2. The van der Waals surface area contributed by atoms with E-state index in [1.807, 2.05) is 45.0 Å². The maximum Gasteiger partial charge on any atom is 0.336 e. The highest BCUT2D eigenvalue weighted by atomic mass is 16.6. The van der Waals surface area contributed by atoms with Gasteiger partial charge in [0.15, 0.2) is 6.10 Å². The fourth-order valence-corrected chi connectivity index (χ4v) is 2.37. The molecule has 4 heteroatoms. The quantitative estimate of drug-likeness (QED) is 0.797. The van der Waals surface area contributed by atoms with Crippen LogP contribution in [0.25, 0.3) is 0 Å². The molecule has 0 aromatic heterocycles. The average molecular weight is 278 g/mol. The van der Waals surface area contributed by atoms with Crippen LogP contribution in [0.1, 0.15) is 38.7 Å². The summed E-state index contributed by atoms with van der Waals surface area (Å²) in [4.78, 5) is 12.2. The molecule has 1 saturated heterocycles. The van der Waals surface area contributed by atoms with Crippen molar-refractivity contribution < 1.29 is 19.0 Å². The first-order valence-corrected chi connectivity index (χ1v) is 6.89. The van der Waals surface area contributed by atoms with Crippen molar-refractivity contribution in [2.75, 3.05) is 13.7 Å². The molecule has 0 N–H and O–H groups in total. The van der Waals surface area contributed by atoms with E-state index in [2.05, 4.69) is 0 Å². The fourth-order valence-electron chi connectivity index (χ4n) is 2.37. The van der Waals surface area contributed by atoms with Crippen LogP contribution in [0.15, 0.2) is 24.3 Å². The Balaban J connectivity index is 2.12. The van der Waals surface area contributed by atoms with E-state index in [9.17, 15) is 4.79 Å². The number of esters is 1. The predicted molar refractivity (Wildman–Crippen MR) is 75.9 cm³/mol. The molecule has 0 bridgehead atoms. The molecule has 0 unspecified atom stereocenters. The second-order valence-corrected chi connectivity index (χ2v) is 5.99. The van der Waals surface area contributed by atoms with Crippen molar-refractivity contribution in [2.45, 2.75) is 44.8 Å². The van der Waals surface area contributed by atoms with Gasteiger partial charge >= 0.3 is 5.97 Å². The number of ether oxygens (including phenoxy) is 3. The third-order valence-electron chi connectivity index (χ3n) is 3.27. The number of benzene rings is 1. The molecule has 1 aromatic carbocycles. The Kier molecular flexibility index (Phi) is 4.33. The SMILES string of the molecule is COc1ccc([C@H]2CCO[C@@H]2C(=O)OC(C)(C)C)cc1. The van der Waals surface area contributed by atoms with Crippen molar-refractivity contribution in [1.29, 1.82) is 0 Å². The minimum Gasteiger partial charge on any atom is -0.497 e. The van der Waals surface area contributed by atoms with Crippen molar-refractivity contribution in [3.63, 3.8) is 0 Å². The summed E-state index contributed by atoms with van der Waals surface area (Å²) in [6, 6.07) is 7.77. The van der Waals surface area contributed by atoms with Crippen LogP contribution in [0.2, 0.25) is 0 Å². The van der Waals surface area contributed by atoms with Crippen molar-refractivity contribution in [1.82, 2.24) is 0 Å². The summed E-state index contributed by atoms with van der Waals surface area (Å²) in [5, 5.41) is 0. The number of hydrogen-bond donors (Lipinski definition) is 0. The normalized spacial score (nSPS) is 22.6. The second kappa shape index (κ2) is 5.83. The summed E-state index contributed by atoms with van der Waals surface area (Å²) < 4.78 is 16.2. The maximum absolute atomic E-state index is 12.2. The molecular weight excluding hydrogens is 256 g/mol. The van der Waals surface area contributed by atoms with Gasteiger partial charge in [-0.15, -0.1) is 0 Å². The molecule has 1 aliphatic heterocycles. The van der Waals surface area contributed by atoms with E-state index < -0.39 is 11.7 Å². The summed E-state index contributed by atoms with van der Waals surface area (Å²) in [6.45, 7) is 6.17. The van der Waals surface area contributed by atoms with Crippen LogP contribution < -0.4 is 4.74 Å². The average Bonchev–Trinajstić information content (AvgIpc) is 2.86. The van der Waals surface area contributed by atoms with E-state index in [4.69, 9.17) is 14.2 Å². The Morgan fingerprint density at radius 2 is 1.90 bits per heavy atom. The summed E-state index contributed by atoms with van der Waals surface area (Å²) in [5.74, 6) is 0.577. The van der Waals surface area contributed by atoms with Crippen LogP contribution >= 0.6 is 0 Å². The molecule has 0 radical (unpaired) electrons. The van der Waals surface area contributed by atoms with Gasteiger partial charge in [-0.2, -0.15) is 0 Å². The summed E-state index contributed by atoms with van der Waals surface area (Å²) in [5.41, 5.74) is 0.590. The van der Waals surface area contributed by atoms with Crippen LogP contribution in [0.4, 0.5) is 0 Å². The first-order valence-electron chi connectivity index (χ1n) is 6.89. The van der Waals surface area contributed by atoms with Crippen LogP contribution in [0, 0.1) is 0 Å². The van der Waals surface area contributed by atoms with Gasteiger partial charge < -0.3 is 14.2 Å². The monoisotopic (exact) mass is 278 g/mol. The summed E-state index contributed by atoms with van der Waals surface area (Å²) >= 11 is 0. The third-order valence-corrected chi connectivity index (χ3v) is 3.27. The van der Waals surface area contributed by atoms with Gasteiger partial charge in [0.05, 0.1) is 7.11 Å². The van der Waals surface area contributed by atoms with E-state index in [1.54, 1.807) is 7.11 Å². The van der Waals surface area contributed by atoms with Crippen LogP contribution in [-0.4, -0.2) is 31.4 Å². The lowest BCUT2D eigenvalue weighted by Crippen LogP contribution is -2.34. The summed E-state index contributed by atoms with van der Waals surface area (Å²) in [6.07, 6.45) is 0.318. The molecule has 1 aliphatic rings. The third kappa shape index (κ3) is 3.51. The lowest BCUT2D eigenvalue weighted by Gasteiger charge is -2.24. The highest BCUT2D eigenvalue weighted by molar-refractivity contribution is 5.77. The molecule has 2 atom stereocenters. The van der Waals surface area contributed by atoms with Crippen LogP contribution in [0.5, 0.6) is 5.75 Å². The number of rotatable bonds is 3. The lowest BCUT2D eigenvalue weighted by atomic mass is 9.92. The van der Waals surface area contributed by atoms with E-state index in [-0.39, 0.29) is 11.9 Å². The van der Waals surface area contributed by atoms with E-state index in [0.29, 0.717) is 6.61 Å². The van der Waals surface area contributed by atoms with Gasteiger partial charge in [0.2, 0.25) is 0 Å². The molecule has 1 fully saturated rings. The molecule has 0 spiro atoms. The Morgan fingerprint density at radius 3 is 2.45 bits per heavy atom. The minimum absolute atomic E-state index is 0.0516. The molecule has 20 heavy (non-hydrogen) atoms. The van der Waals surface area contributed by atoms with Gasteiger partial charge in [-0.3, -0.25) is 0 Å². The van der Waals surface area contributed by atoms with Gasteiger partial charge in [0.25, 0.3) is 0 Å². The number of carbonyl (C=O) groups is 1. The molecule has 0 saturated carbocycles. The van der Waals surface area contributed by atoms with Crippen molar-refractivity contribution in [2.24, 2.45) is 0 Å². The van der Waals surface area contributed by atoms with Crippen molar-refractivity contribution in [3.05, 3.63) is 29.8 Å². The number of carbonyl (C=O) groups excluding carboxylic acids is 1. The Morgan fingerprint density at radius 1 is 1.25 bits per heavy atom. The van der Waals surface area contributed by atoms with E-state index >= 15 is 0 Å². The van der Waals surface area contributed by atoms with Gasteiger partial charge in [-0.05, 0) is 44.9 Å². The molecule has 1 heterocycles.